The summed E-state index contributed by atoms with van der Waals surface area (Å²) in [7, 11) is 0. The summed E-state index contributed by atoms with van der Waals surface area (Å²) in [5.74, 6) is -4.32. The molecule has 6 nitrogen and oxygen atoms in total. The Morgan fingerprint density at radius 2 is 1.06 bits per heavy atom. The SMILES string of the molecule is O=C(CSc1nnc(SCC(=O)Nc2cc(F)cc(F)c2)s1)Nc1cc(F)cc(F)c1. The number of carbonyl (C=O) groups is 2. The standard InChI is InChI=1S/C18H12F4N4O2S3/c19-9-1-10(20)4-13(3-9)23-15(27)7-29-17-25-26-18(31-17)30-8-16(28)24-14-5-11(21)2-12(22)6-14/h1-6H,7-8H2,(H,23,27)(H,24,28). The number of halogens is 4. The van der Waals surface area contributed by atoms with Gasteiger partial charge in [0.05, 0.1) is 11.5 Å². The number of carbonyl (C=O) groups excluding carboxylic acids is 2. The summed E-state index contributed by atoms with van der Waals surface area (Å²) in [5.41, 5.74) is 0.00148. The normalized spacial score (nSPS) is 10.7. The van der Waals surface area contributed by atoms with Crippen molar-refractivity contribution in [2.24, 2.45) is 0 Å². The van der Waals surface area contributed by atoms with Crippen LogP contribution in [0.4, 0.5) is 28.9 Å². The third-order valence-corrected chi connectivity index (χ3v) is 6.52. The van der Waals surface area contributed by atoms with Crippen LogP contribution in [-0.2, 0) is 9.59 Å². The number of hydrogen-bond donors (Lipinski definition) is 2. The molecule has 162 valence electrons. The van der Waals surface area contributed by atoms with E-state index in [1.807, 2.05) is 0 Å². The fourth-order valence-electron chi connectivity index (χ4n) is 2.21. The van der Waals surface area contributed by atoms with Crippen LogP contribution in [0, 0.1) is 23.3 Å². The Balaban J connectivity index is 1.44. The Kier molecular flexibility index (Phi) is 7.87. The van der Waals surface area contributed by atoms with Gasteiger partial charge in [0.2, 0.25) is 11.8 Å². The number of amides is 2. The molecule has 2 amide bonds. The van der Waals surface area contributed by atoms with Crippen LogP contribution in [0.3, 0.4) is 0 Å². The summed E-state index contributed by atoms with van der Waals surface area (Å²) in [6.07, 6.45) is 0. The van der Waals surface area contributed by atoms with Crippen LogP contribution in [-0.4, -0.2) is 33.5 Å². The quantitative estimate of drug-likeness (QED) is 0.357. The lowest BCUT2D eigenvalue weighted by molar-refractivity contribution is -0.114. The van der Waals surface area contributed by atoms with Crippen molar-refractivity contribution in [3.05, 3.63) is 59.7 Å². The van der Waals surface area contributed by atoms with E-state index in [-0.39, 0.29) is 22.9 Å². The van der Waals surface area contributed by atoms with Crippen LogP contribution in [0.2, 0.25) is 0 Å². The Bertz CT molecular complexity index is 989. The molecule has 0 spiro atoms. The highest BCUT2D eigenvalue weighted by molar-refractivity contribution is 8.03. The Hall–Kier alpha value is -2.64. The van der Waals surface area contributed by atoms with E-state index >= 15 is 0 Å². The summed E-state index contributed by atoms with van der Waals surface area (Å²) in [4.78, 5) is 23.8. The molecular weight excluding hydrogens is 476 g/mol. The van der Waals surface area contributed by atoms with E-state index in [4.69, 9.17) is 0 Å². The third kappa shape index (κ3) is 7.52. The molecule has 1 aromatic heterocycles. The van der Waals surface area contributed by atoms with Crippen molar-refractivity contribution in [3.8, 4) is 0 Å². The predicted molar refractivity (Wildman–Crippen MR) is 111 cm³/mol. The zero-order valence-corrected chi connectivity index (χ0v) is 17.8. The molecule has 0 atom stereocenters. The molecular formula is C18H12F4N4O2S3. The first kappa shape index (κ1) is 23.0. The van der Waals surface area contributed by atoms with Gasteiger partial charge in [-0.05, 0) is 24.3 Å². The molecule has 31 heavy (non-hydrogen) atoms. The summed E-state index contributed by atoms with van der Waals surface area (Å²) < 4.78 is 53.5. The smallest absolute Gasteiger partial charge is 0.234 e. The van der Waals surface area contributed by atoms with E-state index in [9.17, 15) is 27.2 Å². The van der Waals surface area contributed by atoms with Gasteiger partial charge in [0, 0.05) is 23.5 Å². The van der Waals surface area contributed by atoms with Gasteiger partial charge in [-0.1, -0.05) is 34.9 Å². The van der Waals surface area contributed by atoms with E-state index in [0.29, 0.717) is 20.8 Å². The molecule has 0 saturated carbocycles. The van der Waals surface area contributed by atoms with Gasteiger partial charge in [0.15, 0.2) is 8.68 Å². The van der Waals surface area contributed by atoms with Crippen LogP contribution >= 0.6 is 34.9 Å². The molecule has 0 aliphatic rings. The van der Waals surface area contributed by atoms with Crippen LogP contribution < -0.4 is 10.6 Å². The number of anilines is 2. The molecule has 0 bridgehead atoms. The zero-order valence-electron chi connectivity index (χ0n) is 15.3. The Morgan fingerprint density at radius 3 is 1.42 bits per heavy atom. The zero-order chi connectivity index (χ0) is 22.4. The topological polar surface area (TPSA) is 84.0 Å². The van der Waals surface area contributed by atoms with Gasteiger partial charge in [0.1, 0.15) is 23.3 Å². The Labute approximate surface area is 185 Å². The van der Waals surface area contributed by atoms with Crippen LogP contribution in [0.1, 0.15) is 0 Å². The van der Waals surface area contributed by atoms with Crippen molar-refractivity contribution in [1.82, 2.24) is 10.2 Å². The van der Waals surface area contributed by atoms with Crippen molar-refractivity contribution >= 4 is 58.0 Å². The first-order valence-corrected chi connectivity index (χ1v) is 11.2. The second-order valence-electron chi connectivity index (χ2n) is 5.82. The van der Waals surface area contributed by atoms with Gasteiger partial charge in [-0.2, -0.15) is 0 Å². The van der Waals surface area contributed by atoms with Gasteiger partial charge >= 0.3 is 0 Å². The van der Waals surface area contributed by atoms with Gasteiger partial charge in [-0.3, -0.25) is 9.59 Å². The molecule has 13 heteroatoms. The molecule has 2 aromatic carbocycles. The minimum absolute atomic E-state index is 0.000740. The van der Waals surface area contributed by atoms with Crippen molar-refractivity contribution in [2.75, 3.05) is 22.1 Å². The van der Waals surface area contributed by atoms with Crippen molar-refractivity contribution < 1.29 is 27.2 Å². The number of benzene rings is 2. The van der Waals surface area contributed by atoms with Gasteiger partial charge in [0.25, 0.3) is 0 Å². The maximum Gasteiger partial charge on any atom is 0.234 e. The fraction of sp³-hybridized carbons (Fsp3) is 0.111. The monoisotopic (exact) mass is 488 g/mol. The van der Waals surface area contributed by atoms with E-state index in [2.05, 4.69) is 20.8 Å². The second kappa shape index (κ2) is 10.6. The number of nitrogens with one attached hydrogen (secondary N) is 2. The third-order valence-electron chi connectivity index (χ3n) is 3.33. The highest BCUT2D eigenvalue weighted by Crippen LogP contribution is 2.29. The predicted octanol–water partition coefficient (Wildman–Crippen LogP) is 4.56. The maximum atomic E-state index is 13.1. The fourth-order valence-corrected chi connectivity index (χ4v) is 4.83. The average Bonchev–Trinajstić information content (AvgIpc) is 3.11. The maximum absolute atomic E-state index is 13.1. The molecule has 0 aliphatic carbocycles. The van der Waals surface area contributed by atoms with Crippen molar-refractivity contribution in [1.29, 1.82) is 0 Å². The number of hydrogen-bond acceptors (Lipinski definition) is 7. The molecule has 3 rings (SSSR count). The average molecular weight is 489 g/mol. The number of rotatable bonds is 8. The molecule has 0 aliphatic heterocycles. The molecule has 2 N–H and O–H groups in total. The molecule has 0 radical (unpaired) electrons. The second-order valence-corrected chi connectivity index (χ2v) is 9.25. The van der Waals surface area contributed by atoms with Crippen LogP contribution in [0.15, 0.2) is 45.1 Å². The number of nitrogens with zero attached hydrogens (tertiary/aromatic N) is 2. The van der Waals surface area contributed by atoms with Gasteiger partial charge in [-0.15, -0.1) is 10.2 Å². The highest BCUT2D eigenvalue weighted by atomic mass is 32.2. The lowest BCUT2D eigenvalue weighted by Crippen LogP contribution is -2.14. The van der Waals surface area contributed by atoms with E-state index < -0.39 is 35.1 Å². The first-order valence-electron chi connectivity index (χ1n) is 8.38. The van der Waals surface area contributed by atoms with Crippen LogP contribution in [0.5, 0.6) is 0 Å². The lowest BCUT2D eigenvalue weighted by Gasteiger charge is -2.04. The van der Waals surface area contributed by atoms with Gasteiger partial charge < -0.3 is 10.6 Å². The highest BCUT2D eigenvalue weighted by Gasteiger charge is 2.12. The van der Waals surface area contributed by atoms with Gasteiger partial charge in [-0.25, -0.2) is 17.6 Å². The lowest BCUT2D eigenvalue weighted by atomic mass is 10.3. The molecule has 3 aromatic rings. The number of thioether (sulfide) groups is 2. The number of aromatic nitrogens is 2. The van der Waals surface area contributed by atoms with Crippen molar-refractivity contribution in [2.45, 2.75) is 8.68 Å². The van der Waals surface area contributed by atoms with E-state index in [1.165, 1.54) is 0 Å². The van der Waals surface area contributed by atoms with E-state index in [1.54, 1.807) is 0 Å². The van der Waals surface area contributed by atoms with Crippen molar-refractivity contribution in [3.63, 3.8) is 0 Å². The summed E-state index contributed by atoms with van der Waals surface area (Å²) in [6.45, 7) is 0. The summed E-state index contributed by atoms with van der Waals surface area (Å²) >= 11 is 3.27. The van der Waals surface area contributed by atoms with E-state index in [0.717, 1.165) is 59.1 Å². The molecule has 0 saturated heterocycles. The molecule has 0 fully saturated rings. The molecule has 0 unspecified atom stereocenters. The summed E-state index contributed by atoms with van der Waals surface area (Å²) in [6, 6.07) is 5.37. The largest absolute Gasteiger partial charge is 0.325 e. The van der Waals surface area contributed by atoms with Crippen LogP contribution in [0.25, 0.3) is 0 Å². The molecule has 1 heterocycles. The Morgan fingerprint density at radius 1 is 0.710 bits per heavy atom. The minimum Gasteiger partial charge on any atom is -0.325 e. The first-order chi connectivity index (χ1) is 14.8. The summed E-state index contributed by atoms with van der Waals surface area (Å²) in [5, 5.41) is 12.5. The minimum atomic E-state index is -0.805.